The lowest BCUT2D eigenvalue weighted by Crippen LogP contribution is -1.97. The third-order valence-corrected chi connectivity index (χ3v) is 3.59. The fourth-order valence-corrected chi connectivity index (χ4v) is 2.25. The fraction of sp³-hybridized carbons (Fsp3) is 0.600. The largest absolute Gasteiger partial charge is 0.478 e. The Morgan fingerprint density at radius 2 is 1.39 bits per heavy atom. The zero-order valence-corrected chi connectivity index (χ0v) is 14.5. The van der Waals surface area contributed by atoms with Crippen molar-refractivity contribution >= 4 is 11.8 Å². The minimum atomic E-state index is -0.932. The Hall–Kier alpha value is -1.64. The Bertz CT molecular complexity index is 392. The molecule has 0 radical (unpaired) electrons. The second kappa shape index (κ2) is 16.7. The van der Waals surface area contributed by atoms with E-state index in [1.165, 1.54) is 25.3 Å². The summed E-state index contributed by atoms with van der Waals surface area (Å²) >= 11 is 0. The number of hydrogen-bond acceptors (Lipinski definition) is 2. The quantitative estimate of drug-likeness (QED) is 0.242. The Morgan fingerprint density at radius 1 is 0.783 bits per heavy atom. The van der Waals surface area contributed by atoms with Gasteiger partial charge >= 0.3 is 5.97 Å². The summed E-state index contributed by atoms with van der Waals surface area (Å²) in [5, 5.41) is 8.40. The lowest BCUT2D eigenvalue weighted by Gasteiger charge is -2.01. The fourth-order valence-electron chi connectivity index (χ4n) is 2.25. The predicted molar refractivity (Wildman–Crippen MR) is 96.5 cm³/mol. The number of carbonyl (C=O) groups excluding carboxylic acids is 1. The highest BCUT2D eigenvalue weighted by molar-refractivity contribution is 5.80. The van der Waals surface area contributed by atoms with Crippen LogP contribution >= 0.6 is 0 Å². The Balaban J connectivity index is 3.38. The van der Waals surface area contributed by atoms with Crippen LogP contribution < -0.4 is 0 Å². The molecule has 0 aromatic heterocycles. The maximum atomic E-state index is 11.6. The van der Waals surface area contributed by atoms with Crippen molar-refractivity contribution in [3.05, 3.63) is 36.5 Å². The third-order valence-electron chi connectivity index (χ3n) is 3.59. The number of carbonyl (C=O) groups is 2. The average Bonchev–Trinajstić information content (AvgIpc) is 2.52. The highest BCUT2D eigenvalue weighted by atomic mass is 16.4. The van der Waals surface area contributed by atoms with Gasteiger partial charge in [0, 0.05) is 18.9 Å². The first-order chi connectivity index (χ1) is 11.2. The molecule has 0 bridgehead atoms. The number of hydrogen-bond donors (Lipinski definition) is 1. The van der Waals surface area contributed by atoms with Crippen molar-refractivity contribution in [1.82, 2.24) is 0 Å². The average molecular weight is 320 g/mol. The van der Waals surface area contributed by atoms with Gasteiger partial charge in [-0.05, 0) is 25.7 Å². The van der Waals surface area contributed by atoms with Gasteiger partial charge in [0.1, 0.15) is 5.78 Å². The molecule has 0 unspecified atom stereocenters. The molecular weight excluding hydrogens is 288 g/mol. The summed E-state index contributed by atoms with van der Waals surface area (Å²) in [6, 6.07) is 0. The molecule has 0 amide bonds. The van der Waals surface area contributed by atoms with Crippen LogP contribution in [0.3, 0.4) is 0 Å². The standard InChI is InChI=1S/C20H32O3/c1-2-3-4-13-16-19(21)17-14-11-9-7-5-6-8-10-12-15-18-20(22)23/h6,8,10,12,15,18H,2-5,7,9,11,13-14,16-17H2,1H3,(H,22,23). The first kappa shape index (κ1) is 21.4. The van der Waals surface area contributed by atoms with Gasteiger partial charge in [-0.25, -0.2) is 4.79 Å². The van der Waals surface area contributed by atoms with Crippen LogP contribution in [-0.2, 0) is 9.59 Å². The highest BCUT2D eigenvalue weighted by Gasteiger charge is 2.01. The topological polar surface area (TPSA) is 54.4 Å². The van der Waals surface area contributed by atoms with Crippen molar-refractivity contribution in [2.75, 3.05) is 0 Å². The van der Waals surface area contributed by atoms with E-state index in [9.17, 15) is 9.59 Å². The summed E-state index contributed by atoms with van der Waals surface area (Å²) in [5.74, 6) is -0.501. The summed E-state index contributed by atoms with van der Waals surface area (Å²) in [6.07, 6.45) is 21.9. The zero-order valence-electron chi connectivity index (χ0n) is 14.5. The van der Waals surface area contributed by atoms with E-state index in [1.807, 2.05) is 12.2 Å². The minimum absolute atomic E-state index is 0.431. The molecule has 3 nitrogen and oxygen atoms in total. The lowest BCUT2D eigenvalue weighted by molar-refractivity contribution is -0.131. The predicted octanol–water partition coefficient (Wildman–Crippen LogP) is 5.62. The molecule has 0 saturated carbocycles. The van der Waals surface area contributed by atoms with E-state index < -0.39 is 5.97 Å². The monoisotopic (exact) mass is 320 g/mol. The molecule has 0 heterocycles. The van der Waals surface area contributed by atoms with Gasteiger partial charge in [-0.15, -0.1) is 0 Å². The molecule has 0 aliphatic rings. The van der Waals surface area contributed by atoms with Crippen molar-refractivity contribution in [3.8, 4) is 0 Å². The van der Waals surface area contributed by atoms with Crippen molar-refractivity contribution in [2.24, 2.45) is 0 Å². The molecular formula is C20H32O3. The molecule has 130 valence electrons. The van der Waals surface area contributed by atoms with Crippen molar-refractivity contribution in [3.63, 3.8) is 0 Å². The number of rotatable bonds is 15. The molecule has 0 saturated heterocycles. The Labute approximate surface area is 141 Å². The molecule has 23 heavy (non-hydrogen) atoms. The molecule has 1 N–H and O–H groups in total. The molecule has 0 spiro atoms. The van der Waals surface area contributed by atoms with Crippen LogP contribution in [0.15, 0.2) is 36.5 Å². The summed E-state index contributed by atoms with van der Waals surface area (Å²) < 4.78 is 0. The van der Waals surface area contributed by atoms with E-state index in [0.717, 1.165) is 57.4 Å². The van der Waals surface area contributed by atoms with E-state index in [0.29, 0.717) is 5.78 Å². The van der Waals surface area contributed by atoms with Crippen LogP contribution in [0.1, 0.15) is 77.6 Å². The van der Waals surface area contributed by atoms with Crippen LogP contribution in [0.2, 0.25) is 0 Å². The molecule has 3 heteroatoms. The van der Waals surface area contributed by atoms with Crippen molar-refractivity contribution < 1.29 is 14.7 Å². The van der Waals surface area contributed by atoms with Crippen LogP contribution in [0.5, 0.6) is 0 Å². The number of Topliss-reactive ketones (excluding diaryl/α,β-unsaturated/α-hetero) is 1. The number of aliphatic carboxylic acids is 1. The van der Waals surface area contributed by atoms with E-state index in [-0.39, 0.29) is 0 Å². The van der Waals surface area contributed by atoms with E-state index in [2.05, 4.69) is 13.0 Å². The van der Waals surface area contributed by atoms with Crippen LogP contribution in [0, 0.1) is 0 Å². The van der Waals surface area contributed by atoms with Crippen molar-refractivity contribution in [2.45, 2.75) is 77.6 Å². The smallest absolute Gasteiger partial charge is 0.328 e. The first-order valence-electron chi connectivity index (χ1n) is 8.91. The van der Waals surface area contributed by atoms with Crippen LogP contribution in [0.25, 0.3) is 0 Å². The minimum Gasteiger partial charge on any atom is -0.478 e. The maximum absolute atomic E-state index is 11.6. The Kier molecular flexibility index (Phi) is 15.5. The summed E-state index contributed by atoms with van der Waals surface area (Å²) in [6.45, 7) is 2.18. The van der Waals surface area contributed by atoms with E-state index in [1.54, 1.807) is 6.08 Å². The normalized spacial score (nSPS) is 11.9. The molecule has 0 rings (SSSR count). The molecule has 0 atom stereocenters. The van der Waals surface area contributed by atoms with Crippen LogP contribution in [-0.4, -0.2) is 16.9 Å². The highest BCUT2D eigenvalue weighted by Crippen LogP contribution is 2.09. The molecule has 0 fully saturated rings. The van der Waals surface area contributed by atoms with Gasteiger partial charge in [0.15, 0.2) is 0 Å². The number of allylic oxidation sites excluding steroid dienone is 5. The number of carboxylic acids is 1. The SMILES string of the molecule is CCCCCCC(=O)CCCCCCC=CC=CC=CC(=O)O. The first-order valence-corrected chi connectivity index (χ1v) is 8.91. The third kappa shape index (κ3) is 18.3. The summed E-state index contributed by atoms with van der Waals surface area (Å²) in [5.41, 5.74) is 0. The summed E-state index contributed by atoms with van der Waals surface area (Å²) in [4.78, 5) is 21.9. The van der Waals surface area contributed by atoms with Gasteiger partial charge in [-0.3, -0.25) is 4.79 Å². The van der Waals surface area contributed by atoms with E-state index >= 15 is 0 Å². The van der Waals surface area contributed by atoms with E-state index in [4.69, 9.17) is 5.11 Å². The molecule has 0 aliphatic carbocycles. The molecule has 0 aromatic carbocycles. The van der Waals surface area contributed by atoms with Crippen LogP contribution in [0.4, 0.5) is 0 Å². The van der Waals surface area contributed by atoms with Gasteiger partial charge < -0.3 is 5.11 Å². The van der Waals surface area contributed by atoms with Gasteiger partial charge in [0.2, 0.25) is 0 Å². The Morgan fingerprint density at radius 3 is 2.04 bits per heavy atom. The van der Waals surface area contributed by atoms with Gasteiger partial charge in [0.05, 0.1) is 0 Å². The second-order valence-corrected chi connectivity index (χ2v) is 5.81. The maximum Gasteiger partial charge on any atom is 0.328 e. The van der Waals surface area contributed by atoms with Gasteiger partial charge in [0.25, 0.3) is 0 Å². The number of unbranched alkanes of at least 4 members (excludes halogenated alkanes) is 7. The number of carboxylic acid groups (broad SMARTS) is 1. The van der Waals surface area contributed by atoms with Gasteiger partial charge in [-0.2, -0.15) is 0 Å². The number of ketones is 1. The second-order valence-electron chi connectivity index (χ2n) is 5.81. The van der Waals surface area contributed by atoms with Gasteiger partial charge in [-0.1, -0.05) is 69.4 Å². The zero-order chi connectivity index (χ0) is 17.2. The molecule has 0 aromatic rings. The lowest BCUT2D eigenvalue weighted by atomic mass is 10.0. The molecule has 0 aliphatic heterocycles. The van der Waals surface area contributed by atoms with Crippen molar-refractivity contribution in [1.29, 1.82) is 0 Å². The summed E-state index contributed by atoms with van der Waals surface area (Å²) in [7, 11) is 0.